The van der Waals surface area contributed by atoms with Crippen molar-refractivity contribution in [3.05, 3.63) is 0 Å². The van der Waals surface area contributed by atoms with Crippen LogP contribution in [0.25, 0.3) is 0 Å². The van der Waals surface area contributed by atoms with Crippen molar-refractivity contribution in [1.82, 2.24) is 4.90 Å². The molecule has 1 N–H and O–H groups in total. The van der Waals surface area contributed by atoms with E-state index in [1.54, 1.807) is 0 Å². The third-order valence-corrected chi connectivity index (χ3v) is 3.83. The molecule has 96 valence electrons. The maximum Gasteiger partial charge on any atom is 0.0940 e. The summed E-state index contributed by atoms with van der Waals surface area (Å²) in [6.45, 7) is 5.77. The number of rotatable bonds is 2. The predicted octanol–water partition coefficient (Wildman–Crippen LogP) is 1.15. The van der Waals surface area contributed by atoms with Crippen LogP contribution in [-0.4, -0.2) is 47.4 Å². The summed E-state index contributed by atoms with van der Waals surface area (Å²) in [5.41, 5.74) is -0.228. The molecule has 0 bridgehead atoms. The van der Waals surface area contributed by atoms with Crippen molar-refractivity contribution in [2.24, 2.45) is 5.92 Å². The smallest absolute Gasteiger partial charge is 0.0940 e. The van der Waals surface area contributed by atoms with Gasteiger partial charge in [0.2, 0.25) is 0 Å². The van der Waals surface area contributed by atoms with Gasteiger partial charge in [0, 0.05) is 19.1 Å². The van der Waals surface area contributed by atoms with E-state index in [-0.39, 0.29) is 24.2 Å². The summed E-state index contributed by atoms with van der Waals surface area (Å²) in [4.78, 5) is 2.35. The Bertz CT molecular complexity index is 311. The summed E-state index contributed by atoms with van der Waals surface area (Å²) in [6.07, 6.45) is 3.15. The molecule has 0 spiro atoms. The van der Waals surface area contributed by atoms with Gasteiger partial charge in [-0.2, -0.15) is 5.26 Å². The van der Waals surface area contributed by atoms with E-state index in [2.05, 4.69) is 24.8 Å². The molecule has 0 aromatic rings. The van der Waals surface area contributed by atoms with Crippen LogP contribution in [0.5, 0.6) is 0 Å². The number of nitrogens with zero attached hydrogens (tertiary/aromatic N) is 2. The van der Waals surface area contributed by atoms with Gasteiger partial charge in [0.25, 0.3) is 0 Å². The molecule has 2 aliphatic rings. The number of aliphatic hydroxyl groups excluding tert-OH is 1. The summed E-state index contributed by atoms with van der Waals surface area (Å²) in [5.74, 6) is 0.156. The molecule has 1 saturated heterocycles. The third-order valence-electron chi connectivity index (χ3n) is 3.83. The molecule has 2 fully saturated rings. The Hall–Kier alpha value is -0.630. The number of hydrogen-bond acceptors (Lipinski definition) is 4. The highest BCUT2D eigenvalue weighted by Gasteiger charge is 2.40. The molecule has 2 rings (SSSR count). The Labute approximate surface area is 103 Å². The number of hydrogen-bond donors (Lipinski definition) is 1. The lowest BCUT2D eigenvalue weighted by Crippen LogP contribution is -2.57. The molecule has 17 heavy (non-hydrogen) atoms. The largest absolute Gasteiger partial charge is 0.394 e. The fraction of sp³-hybridized carbons (Fsp3) is 0.923. The maximum absolute atomic E-state index is 9.29. The maximum atomic E-state index is 9.29. The quantitative estimate of drug-likeness (QED) is 0.784. The molecule has 3 unspecified atom stereocenters. The van der Waals surface area contributed by atoms with Crippen molar-refractivity contribution >= 4 is 0 Å². The number of ether oxygens (including phenoxy) is 1. The Morgan fingerprint density at radius 1 is 1.47 bits per heavy atom. The van der Waals surface area contributed by atoms with Gasteiger partial charge in [-0.1, -0.05) is 6.42 Å². The third kappa shape index (κ3) is 2.79. The van der Waals surface area contributed by atoms with Gasteiger partial charge in [-0.3, -0.25) is 4.90 Å². The van der Waals surface area contributed by atoms with Crippen LogP contribution >= 0.6 is 0 Å². The molecular formula is C13H22N2O2. The van der Waals surface area contributed by atoms with Crippen LogP contribution in [-0.2, 0) is 4.74 Å². The van der Waals surface area contributed by atoms with Crippen LogP contribution in [0, 0.1) is 17.2 Å². The second-order valence-corrected chi connectivity index (χ2v) is 5.85. The zero-order valence-electron chi connectivity index (χ0n) is 10.7. The van der Waals surface area contributed by atoms with E-state index < -0.39 is 0 Å². The van der Waals surface area contributed by atoms with Gasteiger partial charge in [-0.05, 0) is 26.7 Å². The molecular weight excluding hydrogens is 216 g/mol. The van der Waals surface area contributed by atoms with E-state index in [0.717, 1.165) is 32.4 Å². The molecule has 1 heterocycles. The lowest BCUT2D eigenvalue weighted by Gasteiger charge is -2.45. The monoisotopic (exact) mass is 238 g/mol. The normalized spacial score (nSPS) is 37.9. The topological polar surface area (TPSA) is 56.5 Å². The fourth-order valence-electron chi connectivity index (χ4n) is 3.22. The molecule has 0 amide bonds. The second-order valence-electron chi connectivity index (χ2n) is 5.85. The molecule has 4 heteroatoms. The first-order valence-corrected chi connectivity index (χ1v) is 6.48. The highest BCUT2D eigenvalue weighted by molar-refractivity contribution is 5.00. The van der Waals surface area contributed by atoms with Gasteiger partial charge in [-0.25, -0.2) is 0 Å². The van der Waals surface area contributed by atoms with E-state index in [0.29, 0.717) is 6.04 Å². The summed E-state index contributed by atoms with van der Waals surface area (Å²) < 4.78 is 5.81. The van der Waals surface area contributed by atoms with Crippen molar-refractivity contribution < 1.29 is 9.84 Å². The highest BCUT2D eigenvalue weighted by atomic mass is 16.5. The fourth-order valence-corrected chi connectivity index (χ4v) is 3.22. The van der Waals surface area contributed by atoms with E-state index in [1.807, 2.05) is 0 Å². The summed E-state index contributed by atoms with van der Waals surface area (Å²) in [7, 11) is 0. The zero-order chi connectivity index (χ0) is 12.5. The molecule has 4 nitrogen and oxygen atoms in total. The molecule has 3 atom stereocenters. The average Bonchev–Trinajstić information content (AvgIpc) is 2.74. The lowest BCUT2D eigenvalue weighted by molar-refractivity contribution is -0.158. The number of morpholine rings is 1. The molecule has 1 aliphatic carbocycles. The molecule has 0 aromatic carbocycles. The van der Waals surface area contributed by atoms with E-state index >= 15 is 0 Å². The minimum absolute atomic E-state index is 0.0594. The van der Waals surface area contributed by atoms with Gasteiger partial charge >= 0.3 is 0 Å². The van der Waals surface area contributed by atoms with E-state index in [1.165, 1.54) is 0 Å². The first kappa shape index (κ1) is 12.8. The standard InChI is InChI=1S/C13H22N2O2/c1-13(2)9-15(7-11(8-16)17-13)12-5-3-4-10(12)6-14/h10-12,16H,3-5,7-9H2,1-2H3. The lowest BCUT2D eigenvalue weighted by atomic mass is 9.98. The van der Waals surface area contributed by atoms with E-state index in [4.69, 9.17) is 10.00 Å². The van der Waals surface area contributed by atoms with Crippen LogP contribution in [0.2, 0.25) is 0 Å². The SMILES string of the molecule is CC1(C)CN(C2CCCC2C#N)CC(CO)O1. The van der Waals surface area contributed by atoms with Gasteiger partial charge in [0.1, 0.15) is 0 Å². The van der Waals surface area contributed by atoms with Gasteiger partial charge in [0.05, 0.1) is 30.3 Å². The predicted molar refractivity (Wildman–Crippen MR) is 64.4 cm³/mol. The average molecular weight is 238 g/mol. The van der Waals surface area contributed by atoms with Crippen LogP contribution in [0.4, 0.5) is 0 Å². The van der Waals surface area contributed by atoms with Gasteiger partial charge in [0.15, 0.2) is 0 Å². The minimum atomic E-state index is -0.228. The van der Waals surface area contributed by atoms with Crippen LogP contribution in [0.15, 0.2) is 0 Å². The number of aliphatic hydroxyl groups is 1. The Morgan fingerprint density at radius 3 is 2.88 bits per heavy atom. The summed E-state index contributed by atoms with van der Waals surface area (Å²) >= 11 is 0. The Kier molecular flexibility index (Phi) is 3.72. The first-order valence-electron chi connectivity index (χ1n) is 6.48. The highest BCUT2D eigenvalue weighted by Crippen LogP contribution is 2.33. The van der Waals surface area contributed by atoms with Crippen molar-refractivity contribution in [3.63, 3.8) is 0 Å². The Morgan fingerprint density at radius 2 is 2.24 bits per heavy atom. The minimum Gasteiger partial charge on any atom is -0.394 e. The molecule has 1 saturated carbocycles. The summed E-state index contributed by atoms with van der Waals surface area (Å²) in [6, 6.07) is 2.79. The van der Waals surface area contributed by atoms with Crippen molar-refractivity contribution in [1.29, 1.82) is 5.26 Å². The number of nitriles is 1. The van der Waals surface area contributed by atoms with Gasteiger partial charge in [-0.15, -0.1) is 0 Å². The summed E-state index contributed by atoms with van der Waals surface area (Å²) in [5, 5.41) is 18.5. The second kappa shape index (κ2) is 4.93. The molecule has 0 aromatic heterocycles. The van der Waals surface area contributed by atoms with Crippen molar-refractivity contribution in [2.45, 2.75) is 50.9 Å². The van der Waals surface area contributed by atoms with Crippen molar-refractivity contribution in [2.75, 3.05) is 19.7 Å². The van der Waals surface area contributed by atoms with Crippen LogP contribution in [0.3, 0.4) is 0 Å². The first-order chi connectivity index (χ1) is 8.05. The van der Waals surface area contributed by atoms with Crippen LogP contribution < -0.4 is 0 Å². The van der Waals surface area contributed by atoms with E-state index in [9.17, 15) is 5.11 Å². The zero-order valence-corrected chi connectivity index (χ0v) is 10.7. The molecule has 0 radical (unpaired) electrons. The Balaban J connectivity index is 2.07. The molecule has 1 aliphatic heterocycles. The van der Waals surface area contributed by atoms with Gasteiger partial charge < -0.3 is 9.84 Å². The van der Waals surface area contributed by atoms with Crippen molar-refractivity contribution in [3.8, 4) is 6.07 Å². The van der Waals surface area contributed by atoms with Crippen LogP contribution in [0.1, 0.15) is 33.1 Å².